The van der Waals surface area contributed by atoms with Crippen molar-refractivity contribution in [2.75, 3.05) is 21.2 Å². The van der Waals surface area contributed by atoms with Gasteiger partial charge in [0.1, 0.15) is 22.2 Å². The number of nitrogens with one attached hydrogen (secondary N) is 1. The van der Waals surface area contributed by atoms with Gasteiger partial charge in [0.15, 0.2) is 0 Å². The maximum absolute atomic E-state index is 12.6. The number of amides is 1. The fourth-order valence-electron chi connectivity index (χ4n) is 2.65. The van der Waals surface area contributed by atoms with Gasteiger partial charge in [-0.15, -0.1) is 0 Å². The summed E-state index contributed by atoms with van der Waals surface area (Å²) in [5, 5.41) is 2.86. The molecule has 1 atom stereocenters. The van der Waals surface area contributed by atoms with E-state index in [0.29, 0.717) is 0 Å². The first-order valence-electron chi connectivity index (χ1n) is 8.06. The van der Waals surface area contributed by atoms with Crippen LogP contribution < -0.4 is 10.1 Å². The molecule has 1 heterocycles. The summed E-state index contributed by atoms with van der Waals surface area (Å²) < 4.78 is 36.7. The number of hydrogen-bond acceptors (Lipinski definition) is 5. The molecule has 0 spiro atoms. The molecule has 8 heteroatoms. The number of ether oxygens (including phenoxy) is 1. The van der Waals surface area contributed by atoms with E-state index in [4.69, 9.17) is 9.15 Å². The number of sulfonamides is 1. The van der Waals surface area contributed by atoms with E-state index in [9.17, 15) is 13.2 Å². The Kier molecular flexibility index (Phi) is 5.77. The third-order valence-electron chi connectivity index (χ3n) is 4.08. The van der Waals surface area contributed by atoms with E-state index >= 15 is 0 Å². The number of furan rings is 1. The van der Waals surface area contributed by atoms with Gasteiger partial charge in [0.05, 0.1) is 13.2 Å². The second kappa shape index (κ2) is 7.51. The van der Waals surface area contributed by atoms with Crippen LogP contribution >= 0.6 is 0 Å². The van der Waals surface area contributed by atoms with E-state index in [0.717, 1.165) is 21.4 Å². The number of aryl methyl sites for hydroxylation is 2. The van der Waals surface area contributed by atoms with Crippen molar-refractivity contribution in [2.45, 2.75) is 31.7 Å². The van der Waals surface area contributed by atoms with Crippen molar-refractivity contribution in [3.63, 3.8) is 0 Å². The summed E-state index contributed by atoms with van der Waals surface area (Å²) in [6, 6.07) is 5.92. The Labute approximate surface area is 154 Å². The minimum atomic E-state index is -3.75. The van der Waals surface area contributed by atoms with Gasteiger partial charge in [-0.25, -0.2) is 12.7 Å². The lowest BCUT2D eigenvalue weighted by molar-refractivity contribution is 0.0939. The number of carbonyl (C=O) groups is 1. The minimum absolute atomic E-state index is 0.0550. The lowest BCUT2D eigenvalue weighted by atomic mass is 10.1. The summed E-state index contributed by atoms with van der Waals surface area (Å²) >= 11 is 0. The van der Waals surface area contributed by atoms with Crippen LogP contribution in [-0.2, 0) is 10.0 Å². The summed E-state index contributed by atoms with van der Waals surface area (Å²) in [5.74, 6) is 1.31. The fraction of sp³-hybridized carbons (Fsp3) is 0.389. The van der Waals surface area contributed by atoms with E-state index in [1.807, 2.05) is 26.8 Å². The fourth-order valence-corrected chi connectivity index (χ4v) is 3.73. The molecule has 2 aromatic rings. The number of hydrogen-bond donors (Lipinski definition) is 1. The molecular weight excluding hydrogens is 356 g/mol. The molecule has 0 aliphatic rings. The third-order valence-corrected chi connectivity index (χ3v) is 5.91. The summed E-state index contributed by atoms with van der Waals surface area (Å²) in [7, 11) is 0.487. The summed E-state index contributed by atoms with van der Waals surface area (Å²) in [4.78, 5) is 12.5. The molecule has 1 N–H and O–H groups in total. The number of nitrogens with zero attached hydrogens (tertiary/aromatic N) is 1. The van der Waals surface area contributed by atoms with Crippen LogP contribution in [0.25, 0.3) is 0 Å². The van der Waals surface area contributed by atoms with Gasteiger partial charge in [-0.05, 0) is 45.0 Å². The van der Waals surface area contributed by atoms with E-state index in [2.05, 4.69) is 5.32 Å². The predicted octanol–water partition coefficient (Wildman–Crippen LogP) is 2.65. The molecule has 0 aliphatic heterocycles. The van der Waals surface area contributed by atoms with Gasteiger partial charge in [0, 0.05) is 25.2 Å². The summed E-state index contributed by atoms with van der Waals surface area (Å²) in [5.41, 5.74) is 1.11. The first-order valence-corrected chi connectivity index (χ1v) is 9.50. The average Bonchev–Trinajstić information content (AvgIpc) is 2.92. The molecule has 0 aliphatic carbocycles. The normalized spacial score (nSPS) is 12.9. The summed E-state index contributed by atoms with van der Waals surface area (Å²) in [6.45, 7) is 5.52. The van der Waals surface area contributed by atoms with E-state index < -0.39 is 10.0 Å². The van der Waals surface area contributed by atoms with Gasteiger partial charge < -0.3 is 14.5 Å². The summed E-state index contributed by atoms with van der Waals surface area (Å²) in [6.07, 6.45) is 0. The Bertz CT molecular complexity index is 916. The van der Waals surface area contributed by atoms with Crippen molar-refractivity contribution >= 4 is 15.9 Å². The maximum Gasteiger partial charge on any atom is 0.251 e. The van der Waals surface area contributed by atoms with Crippen molar-refractivity contribution in [1.82, 2.24) is 9.62 Å². The van der Waals surface area contributed by atoms with Crippen molar-refractivity contribution in [1.29, 1.82) is 0 Å². The first-order chi connectivity index (χ1) is 12.1. The predicted molar refractivity (Wildman–Crippen MR) is 97.9 cm³/mol. The minimum Gasteiger partial charge on any atom is -0.495 e. The van der Waals surface area contributed by atoms with Crippen LogP contribution in [0.5, 0.6) is 5.75 Å². The van der Waals surface area contributed by atoms with Crippen LogP contribution in [0.15, 0.2) is 33.6 Å². The third kappa shape index (κ3) is 3.91. The average molecular weight is 380 g/mol. The maximum atomic E-state index is 12.6. The van der Waals surface area contributed by atoms with Gasteiger partial charge in [0.25, 0.3) is 5.91 Å². The molecular formula is C18H24N2O5S. The van der Waals surface area contributed by atoms with Gasteiger partial charge in [-0.2, -0.15) is 0 Å². The monoisotopic (exact) mass is 380 g/mol. The molecule has 2 rings (SSSR count). The topological polar surface area (TPSA) is 88.8 Å². The highest BCUT2D eigenvalue weighted by molar-refractivity contribution is 7.89. The van der Waals surface area contributed by atoms with Crippen molar-refractivity contribution in [3.8, 4) is 5.75 Å². The lowest BCUT2D eigenvalue weighted by Crippen LogP contribution is -2.28. The van der Waals surface area contributed by atoms with E-state index in [1.54, 1.807) is 0 Å². The molecule has 7 nitrogen and oxygen atoms in total. The number of benzene rings is 1. The Hall–Kier alpha value is -2.32. The molecule has 1 aromatic carbocycles. The van der Waals surface area contributed by atoms with Gasteiger partial charge in [-0.1, -0.05) is 0 Å². The van der Waals surface area contributed by atoms with Crippen LogP contribution in [0.3, 0.4) is 0 Å². The molecule has 0 bridgehead atoms. The Morgan fingerprint density at radius 1 is 1.23 bits per heavy atom. The van der Waals surface area contributed by atoms with Crippen LogP contribution in [0.4, 0.5) is 0 Å². The van der Waals surface area contributed by atoms with E-state index in [1.165, 1.54) is 39.4 Å². The van der Waals surface area contributed by atoms with Crippen molar-refractivity contribution in [3.05, 3.63) is 46.9 Å². The Morgan fingerprint density at radius 2 is 1.88 bits per heavy atom. The zero-order valence-corrected chi connectivity index (χ0v) is 16.6. The first kappa shape index (κ1) is 20.0. The quantitative estimate of drug-likeness (QED) is 0.832. The zero-order valence-electron chi connectivity index (χ0n) is 15.8. The largest absolute Gasteiger partial charge is 0.495 e. The smallest absolute Gasteiger partial charge is 0.251 e. The molecule has 0 saturated heterocycles. The number of carbonyl (C=O) groups excluding carboxylic acids is 1. The van der Waals surface area contributed by atoms with Gasteiger partial charge in [-0.3, -0.25) is 4.79 Å². The second-order valence-corrected chi connectivity index (χ2v) is 8.34. The molecule has 0 fully saturated rings. The van der Waals surface area contributed by atoms with Crippen molar-refractivity contribution < 1.29 is 22.4 Å². The van der Waals surface area contributed by atoms with Crippen LogP contribution in [0.2, 0.25) is 0 Å². The number of rotatable bonds is 6. The zero-order chi connectivity index (χ0) is 19.6. The highest BCUT2D eigenvalue weighted by Crippen LogP contribution is 2.27. The standard InChI is InChI=1S/C18H24N2O5S/c1-11-9-15(13(3)25-11)12(2)19-18(21)14-7-8-16(24-6)17(10-14)26(22,23)20(4)5/h7-10,12H,1-6H3,(H,19,21). The molecule has 0 saturated carbocycles. The molecule has 1 unspecified atom stereocenters. The van der Waals surface area contributed by atoms with E-state index in [-0.39, 0.29) is 28.2 Å². The molecule has 26 heavy (non-hydrogen) atoms. The highest BCUT2D eigenvalue weighted by Gasteiger charge is 2.24. The van der Waals surface area contributed by atoms with Gasteiger partial charge in [0.2, 0.25) is 10.0 Å². The molecule has 0 radical (unpaired) electrons. The van der Waals surface area contributed by atoms with Gasteiger partial charge >= 0.3 is 0 Å². The molecule has 1 amide bonds. The molecule has 1 aromatic heterocycles. The van der Waals surface area contributed by atoms with Crippen LogP contribution in [0.1, 0.15) is 40.4 Å². The number of methoxy groups -OCH3 is 1. The highest BCUT2D eigenvalue weighted by atomic mass is 32.2. The van der Waals surface area contributed by atoms with Crippen molar-refractivity contribution in [2.24, 2.45) is 0 Å². The molecule has 142 valence electrons. The SMILES string of the molecule is COc1ccc(C(=O)NC(C)c2cc(C)oc2C)cc1S(=O)(=O)N(C)C. The Morgan fingerprint density at radius 3 is 2.38 bits per heavy atom. The van der Waals surface area contributed by atoms with Crippen LogP contribution in [0, 0.1) is 13.8 Å². The second-order valence-electron chi connectivity index (χ2n) is 6.22. The Balaban J connectivity index is 2.34. The lowest BCUT2D eigenvalue weighted by Gasteiger charge is -2.17. The van der Waals surface area contributed by atoms with Crippen LogP contribution in [-0.4, -0.2) is 39.8 Å².